The van der Waals surface area contributed by atoms with Crippen LogP contribution in [0.4, 0.5) is 0 Å². The lowest BCUT2D eigenvalue weighted by Gasteiger charge is -2.35. The predicted molar refractivity (Wildman–Crippen MR) is 80.8 cm³/mol. The molecule has 0 saturated carbocycles. The van der Waals surface area contributed by atoms with Crippen LogP contribution >= 0.6 is 0 Å². The molecule has 0 bridgehead atoms. The largest absolute Gasteiger partial charge is 0.368 e. The second-order valence-electron chi connectivity index (χ2n) is 6.19. The van der Waals surface area contributed by atoms with E-state index in [4.69, 9.17) is 4.74 Å². The van der Waals surface area contributed by atoms with Gasteiger partial charge >= 0.3 is 0 Å². The van der Waals surface area contributed by atoms with E-state index in [1.165, 1.54) is 5.56 Å². The van der Waals surface area contributed by atoms with Crippen molar-refractivity contribution in [2.75, 3.05) is 19.7 Å². The van der Waals surface area contributed by atoms with E-state index in [9.17, 15) is 4.79 Å². The van der Waals surface area contributed by atoms with Gasteiger partial charge in [-0.3, -0.25) is 9.78 Å². The van der Waals surface area contributed by atoms with E-state index < -0.39 is 0 Å². The van der Waals surface area contributed by atoms with Crippen molar-refractivity contribution in [3.63, 3.8) is 0 Å². The molecule has 4 heteroatoms. The van der Waals surface area contributed by atoms with Crippen molar-refractivity contribution in [2.24, 2.45) is 5.92 Å². The summed E-state index contributed by atoms with van der Waals surface area (Å²) < 4.78 is 5.62. The van der Waals surface area contributed by atoms with Crippen molar-refractivity contribution >= 4 is 5.91 Å². The average Bonchev–Trinajstić information content (AvgIpc) is 2.57. The number of nitrogens with zero attached hydrogens (tertiary/aromatic N) is 2. The first-order valence-electron chi connectivity index (χ1n) is 8.12. The van der Waals surface area contributed by atoms with Crippen LogP contribution < -0.4 is 0 Å². The van der Waals surface area contributed by atoms with Crippen LogP contribution in [0, 0.1) is 5.92 Å². The minimum Gasteiger partial charge on any atom is -0.368 e. The highest BCUT2D eigenvalue weighted by Crippen LogP contribution is 2.23. The van der Waals surface area contributed by atoms with Gasteiger partial charge in [-0.2, -0.15) is 0 Å². The Balaban J connectivity index is 1.47. The van der Waals surface area contributed by atoms with E-state index in [2.05, 4.69) is 11.1 Å². The van der Waals surface area contributed by atoms with Crippen LogP contribution in [0.2, 0.25) is 0 Å². The number of ether oxygens (including phenoxy) is 1. The monoisotopic (exact) mass is 288 g/mol. The Bertz CT molecular complexity index is 449. The van der Waals surface area contributed by atoms with Crippen LogP contribution in [0.3, 0.4) is 0 Å². The van der Waals surface area contributed by atoms with Gasteiger partial charge in [0.05, 0.1) is 0 Å². The summed E-state index contributed by atoms with van der Waals surface area (Å²) in [4.78, 5) is 18.6. The number of carbonyl (C=O) groups is 1. The van der Waals surface area contributed by atoms with Gasteiger partial charge in [0.2, 0.25) is 0 Å². The number of aromatic nitrogens is 1. The van der Waals surface area contributed by atoms with Gasteiger partial charge < -0.3 is 9.64 Å². The fourth-order valence-corrected chi connectivity index (χ4v) is 3.35. The molecular formula is C17H24N2O2. The molecule has 0 aromatic carbocycles. The molecule has 2 saturated heterocycles. The Kier molecular flexibility index (Phi) is 4.86. The SMILES string of the molecule is O=C(C1CCCCO1)N1CCC(Cc2cccnc2)CC1. The molecule has 0 aliphatic carbocycles. The van der Waals surface area contributed by atoms with Crippen molar-refractivity contribution < 1.29 is 9.53 Å². The molecule has 2 fully saturated rings. The highest BCUT2D eigenvalue weighted by atomic mass is 16.5. The van der Waals surface area contributed by atoms with E-state index in [1.807, 2.05) is 23.4 Å². The van der Waals surface area contributed by atoms with Gasteiger partial charge in [-0.15, -0.1) is 0 Å². The molecule has 2 aliphatic rings. The Labute approximate surface area is 126 Å². The number of hydrogen-bond acceptors (Lipinski definition) is 3. The van der Waals surface area contributed by atoms with E-state index in [1.54, 1.807) is 0 Å². The molecule has 0 radical (unpaired) electrons. The highest BCUT2D eigenvalue weighted by molar-refractivity contribution is 5.81. The van der Waals surface area contributed by atoms with E-state index in [0.29, 0.717) is 5.92 Å². The number of hydrogen-bond donors (Lipinski definition) is 0. The summed E-state index contributed by atoms with van der Waals surface area (Å²) in [6.07, 6.45) is 9.96. The summed E-state index contributed by atoms with van der Waals surface area (Å²) in [6.45, 7) is 2.50. The zero-order chi connectivity index (χ0) is 14.5. The second kappa shape index (κ2) is 7.03. The first kappa shape index (κ1) is 14.5. The standard InChI is InChI=1S/C17H24N2O2/c20-17(16-5-1-2-11-21-16)19-9-6-14(7-10-19)12-15-4-3-8-18-13-15/h3-4,8,13-14,16H,1-2,5-7,9-12H2. The summed E-state index contributed by atoms with van der Waals surface area (Å²) in [5, 5.41) is 0. The molecule has 3 heterocycles. The van der Waals surface area contributed by atoms with Crippen LogP contribution in [0.5, 0.6) is 0 Å². The third-order valence-corrected chi connectivity index (χ3v) is 4.63. The van der Waals surface area contributed by atoms with Crippen molar-refractivity contribution in [1.82, 2.24) is 9.88 Å². The van der Waals surface area contributed by atoms with Crippen LogP contribution in [0.1, 0.15) is 37.7 Å². The zero-order valence-corrected chi connectivity index (χ0v) is 12.5. The summed E-state index contributed by atoms with van der Waals surface area (Å²) in [5.41, 5.74) is 1.30. The van der Waals surface area contributed by atoms with Crippen LogP contribution in [-0.2, 0) is 16.0 Å². The molecule has 3 rings (SSSR count). The minimum absolute atomic E-state index is 0.173. The van der Waals surface area contributed by atoms with Crippen molar-refractivity contribution in [3.8, 4) is 0 Å². The molecule has 4 nitrogen and oxygen atoms in total. The molecular weight excluding hydrogens is 264 g/mol. The fraction of sp³-hybridized carbons (Fsp3) is 0.647. The normalized spacial score (nSPS) is 24.0. The maximum atomic E-state index is 12.4. The Morgan fingerprint density at radius 1 is 1.29 bits per heavy atom. The molecule has 114 valence electrons. The number of pyridine rings is 1. The van der Waals surface area contributed by atoms with Gasteiger partial charge in [0.1, 0.15) is 6.10 Å². The van der Waals surface area contributed by atoms with Gasteiger partial charge in [-0.1, -0.05) is 6.07 Å². The zero-order valence-electron chi connectivity index (χ0n) is 12.5. The number of piperidine rings is 1. The third-order valence-electron chi connectivity index (χ3n) is 4.63. The van der Waals surface area contributed by atoms with Crippen LogP contribution in [0.15, 0.2) is 24.5 Å². The topological polar surface area (TPSA) is 42.4 Å². The lowest BCUT2D eigenvalue weighted by Crippen LogP contribution is -2.45. The summed E-state index contributed by atoms with van der Waals surface area (Å²) in [5.74, 6) is 0.889. The molecule has 1 aromatic rings. The third kappa shape index (κ3) is 3.82. The molecule has 21 heavy (non-hydrogen) atoms. The summed E-state index contributed by atoms with van der Waals surface area (Å²) in [7, 11) is 0. The van der Waals surface area contributed by atoms with Gasteiger partial charge in [0.25, 0.3) is 5.91 Å². The van der Waals surface area contributed by atoms with Crippen molar-refractivity contribution in [3.05, 3.63) is 30.1 Å². The van der Waals surface area contributed by atoms with Crippen LogP contribution in [-0.4, -0.2) is 41.6 Å². The van der Waals surface area contributed by atoms with Gasteiger partial charge in [0.15, 0.2) is 0 Å². The first-order chi connectivity index (χ1) is 10.3. The minimum atomic E-state index is -0.173. The number of likely N-dealkylation sites (tertiary alicyclic amines) is 1. The molecule has 1 unspecified atom stereocenters. The highest BCUT2D eigenvalue weighted by Gasteiger charge is 2.29. The quantitative estimate of drug-likeness (QED) is 0.858. The van der Waals surface area contributed by atoms with Crippen molar-refractivity contribution in [2.45, 2.75) is 44.6 Å². The number of rotatable bonds is 3. The van der Waals surface area contributed by atoms with E-state index in [0.717, 1.165) is 58.2 Å². The predicted octanol–water partition coefficient (Wildman–Crippen LogP) is 2.43. The molecule has 0 N–H and O–H groups in total. The lowest BCUT2D eigenvalue weighted by molar-refractivity contribution is -0.147. The van der Waals surface area contributed by atoms with E-state index in [-0.39, 0.29) is 12.0 Å². The maximum absolute atomic E-state index is 12.4. The Morgan fingerprint density at radius 2 is 2.14 bits per heavy atom. The van der Waals surface area contributed by atoms with E-state index >= 15 is 0 Å². The Morgan fingerprint density at radius 3 is 2.81 bits per heavy atom. The lowest BCUT2D eigenvalue weighted by atomic mass is 9.90. The smallest absolute Gasteiger partial charge is 0.251 e. The summed E-state index contributed by atoms with van der Waals surface area (Å²) >= 11 is 0. The first-order valence-corrected chi connectivity index (χ1v) is 8.12. The van der Waals surface area contributed by atoms with Gasteiger partial charge in [-0.25, -0.2) is 0 Å². The Hall–Kier alpha value is -1.42. The molecule has 0 spiro atoms. The number of carbonyl (C=O) groups excluding carboxylic acids is 1. The molecule has 1 atom stereocenters. The average molecular weight is 288 g/mol. The van der Waals surface area contributed by atoms with Gasteiger partial charge in [-0.05, 0) is 56.1 Å². The van der Waals surface area contributed by atoms with Gasteiger partial charge in [0, 0.05) is 32.1 Å². The molecule has 1 amide bonds. The molecule has 1 aromatic heterocycles. The number of amides is 1. The van der Waals surface area contributed by atoms with Crippen molar-refractivity contribution in [1.29, 1.82) is 0 Å². The maximum Gasteiger partial charge on any atom is 0.251 e. The molecule has 2 aliphatic heterocycles. The summed E-state index contributed by atoms with van der Waals surface area (Å²) in [6, 6.07) is 4.13. The fourth-order valence-electron chi connectivity index (χ4n) is 3.35. The second-order valence-corrected chi connectivity index (χ2v) is 6.19. The van der Waals surface area contributed by atoms with Crippen LogP contribution in [0.25, 0.3) is 0 Å².